The summed E-state index contributed by atoms with van der Waals surface area (Å²) in [6.07, 6.45) is 2.79. The quantitative estimate of drug-likeness (QED) is 0.726. The third-order valence-electron chi connectivity index (χ3n) is 1.90. The highest BCUT2D eigenvalue weighted by atomic mass is 32.2. The number of sulfonamides is 1. The van der Waals surface area contributed by atoms with Gasteiger partial charge in [0, 0.05) is 20.1 Å². The van der Waals surface area contributed by atoms with Crippen LogP contribution in [0.2, 0.25) is 0 Å². The standard InChI is InChI=1S/C8H16N4O2S/c1-11(2)5-4-10-15(13,14)8-6-9-7-12(8)3/h6-7,10H,4-5H2,1-3H3. The number of aryl methyl sites for hydroxylation is 1. The van der Waals surface area contributed by atoms with Gasteiger partial charge in [0.2, 0.25) is 0 Å². The maximum atomic E-state index is 11.7. The fourth-order valence-corrected chi connectivity index (χ4v) is 2.22. The average molecular weight is 232 g/mol. The Balaban J connectivity index is 2.65. The van der Waals surface area contributed by atoms with Crippen LogP contribution in [0.3, 0.4) is 0 Å². The number of nitrogens with one attached hydrogen (secondary N) is 1. The van der Waals surface area contributed by atoms with Crippen molar-refractivity contribution < 1.29 is 8.42 Å². The Hall–Kier alpha value is -0.920. The van der Waals surface area contributed by atoms with E-state index in [-0.39, 0.29) is 5.03 Å². The lowest BCUT2D eigenvalue weighted by molar-refractivity contribution is 0.412. The van der Waals surface area contributed by atoms with Gasteiger partial charge in [-0.25, -0.2) is 18.1 Å². The molecular formula is C8H16N4O2S. The Morgan fingerprint density at radius 2 is 2.20 bits per heavy atom. The molecule has 0 spiro atoms. The highest BCUT2D eigenvalue weighted by Crippen LogP contribution is 2.04. The normalized spacial score (nSPS) is 12.3. The number of hydrogen-bond donors (Lipinski definition) is 1. The second-order valence-corrected chi connectivity index (χ2v) is 5.26. The molecule has 1 aromatic heterocycles. The summed E-state index contributed by atoms with van der Waals surface area (Å²) in [5.74, 6) is 0. The van der Waals surface area contributed by atoms with Crippen molar-refractivity contribution in [2.24, 2.45) is 7.05 Å². The minimum Gasteiger partial charge on any atom is -0.324 e. The van der Waals surface area contributed by atoms with Gasteiger partial charge in [0.1, 0.15) is 0 Å². The lowest BCUT2D eigenvalue weighted by Crippen LogP contribution is -2.32. The zero-order chi connectivity index (χ0) is 11.5. The lowest BCUT2D eigenvalue weighted by atomic mass is 10.6. The molecule has 0 aliphatic heterocycles. The van der Waals surface area contributed by atoms with Gasteiger partial charge < -0.3 is 9.47 Å². The SMILES string of the molecule is CN(C)CCNS(=O)(=O)c1cncn1C. The zero-order valence-corrected chi connectivity index (χ0v) is 9.95. The molecule has 1 rings (SSSR count). The molecule has 0 radical (unpaired) electrons. The second-order valence-electron chi connectivity index (χ2n) is 3.54. The summed E-state index contributed by atoms with van der Waals surface area (Å²) in [5.41, 5.74) is 0. The Kier molecular flexibility index (Phi) is 3.83. The van der Waals surface area contributed by atoms with Crippen molar-refractivity contribution in [2.45, 2.75) is 5.03 Å². The molecule has 7 heteroatoms. The van der Waals surface area contributed by atoms with Gasteiger partial charge in [-0.2, -0.15) is 0 Å². The first-order chi connectivity index (χ1) is 6.93. The molecule has 1 N–H and O–H groups in total. The van der Waals surface area contributed by atoms with E-state index in [9.17, 15) is 8.42 Å². The number of imidazole rings is 1. The van der Waals surface area contributed by atoms with Crippen molar-refractivity contribution in [3.8, 4) is 0 Å². The van der Waals surface area contributed by atoms with E-state index in [1.54, 1.807) is 7.05 Å². The largest absolute Gasteiger partial charge is 0.324 e. The Morgan fingerprint density at radius 3 is 2.67 bits per heavy atom. The number of rotatable bonds is 5. The third-order valence-corrected chi connectivity index (χ3v) is 3.43. The van der Waals surface area contributed by atoms with Gasteiger partial charge in [0.05, 0.1) is 12.5 Å². The lowest BCUT2D eigenvalue weighted by Gasteiger charge is -2.10. The van der Waals surface area contributed by atoms with Crippen LogP contribution in [0.4, 0.5) is 0 Å². The molecule has 15 heavy (non-hydrogen) atoms. The van der Waals surface area contributed by atoms with Crippen molar-refractivity contribution in [3.05, 3.63) is 12.5 Å². The van der Waals surface area contributed by atoms with Crippen LogP contribution in [0.25, 0.3) is 0 Å². The Morgan fingerprint density at radius 1 is 1.53 bits per heavy atom. The molecule has 0 fully saturated rings. The summed E-state index contributed by atoms with van der Waals surface area (Å²) < 4.78 is 27.4. The van der Waals surface area contributed by atoms with Crippen LogP contribution in [0, 0.1) is 0 Å². The van der Waals surface area contributed by atoms with Crippen LogP contribution < -0.4 is 4.72 Å². The molecule has 0 aliphatic rings. The van der Waals surface area contributed by atoms with Crippen molar-refractivity contribution in [3.63, 3.8) is 0 Å². The van der Waals surface area contributed by atoms with Crippen molar-refractivity contribution in [1.82, 2.24) is 19.2 Å². The van der Waals surface area contributed by atoms with Crippen molar-refractivity contribution in [2.75, 3.05) is 27.2 Å². The van der Waals surface area contributed by atoms with Crippen LogP contribution in [0.15, 0.2) is 17.6 Å². The van der Waals surface area contributed by atoms with Gasteiger partial charge in [0.25, 0.3) is 10.0 Å². The van der Waals surface area contributed by atoms with Gasteiger partial charge in [-0.05, 0) is 14.1 Å². The van der Waals surface area contributed by atoms with E-state index >= 15 is 0 Å². The summed E-state index contributed by atoms with van der Waals surface area (Å²) in [7, 11) is 2.00. The molecule has 1 aromatic rings. The highest BCUT2D eigenvalue weighted by molar-refractivity contribution is 7.89. The fraction of sp³-hybridized carbons (Fsp3) is 0.625. The van der Waals surface area contributed by atoms with Crippen LogP contribution in [-0.2, 0) is 17.1 Å². The van der Waals surface area contributed by atoms with E-state index in [1.165, 1.54) is 17.1 Å². The average Bonchev–Trinajstić information content (AvgIpc) is 2.50. The van der Waals surface area contributed by atoms with Crippen molar-refractivity contribution in [1.29, 1.82) is 0 Å². The number of hydrogen-bond acceptors (Lipinski definition) is 4. The molecule has 0 atom stereocenters. The van der Waals surface area contributed by atoms with E-state index < -0.39 is 10.0 Å². The monoisotopic (exact) mass is 232 g/mol. The molecule has 86 valence electrons. The minimum atomic E-state index is -3.42. The Bertz CT molecular complexity index is 410. The van der Waals surface area contributed by atoms with E-state index in [0.29, 0.717) is 13.1 Å². The number of likely N-dealkylation sites (N-methyl/N-ethyl adjacent to an activating group) is 1. The Labute approximate surface area is 90.0 Å². The summed E-state index contributed by atoms with van der Waals surface area (Å²) >= 11 is 0. The predicted molar refractivity (Wildman–Crippen MR) is 57.0 cm³/mol. The summed E-state index contributed by atoms with van der Waals surface area (Å²) in [5, 5.41) is 0.182. The first-order valence-corrected chi connectivity index (χ1v) is 6.02. The zero-order valence-electron chi connectivity index (χ0n) is 9.14. The van der Waals surface area contributed by atoms with Gasteiger partial charge in [0.15, 0.2) is 5.03 Å². The van der Waals surface area contributed by atoms with Gasteiger partial charge >= 0.3 is 0 Å². The van der Waals surface area contributed by atoms with E-state index in [0.717, 1.165) is 0 Å². The molecule has 0 unspecified atom stereocenters. The summed E-state index contributed by atoms with van der Waals surface area (Å²) in [4.78, 5) is 5.67. The summed E-state index contributed by atoms with van der Waals surface area (Å²) in [6, 6.07) is 0. The molecule has 0 saturated carbocycles. The molecule has 1 heterocycles. The molecule has 0 bridgehead atoms. The second kappa shape index (κ2) is 4.73. The van der Waals surface area contributed by atoms with E-state index in [1.807, 2.05) is 19.0 Å². The van der Waals surface area contributed by atoms with Crippen LogP contribution in [0.5, 0.6) is 0 Å². The topological polar surface area (TPSA) is 67.2 Å². The maximum absolute atomic E-state index is 11.7. The maximum Gasteiger partial charge on any atom is 0.257 e. The van der Waals surface area contributed by atoms with Crippen molar-refractivity contribution >= 4 is 10.0 Å². The number of nitrogens with zero attached hydrogens (tertiary/aromatic N) is 3. The molecule has 6 nitrogen and oxygen atoms in total. The van der Waals surface area contributed by atoms with Crippen LogP contribution in [-0.4, -0.2) is 50.1 Å². The minimum absolute atomic E-state index is 0.182. The molecule has 0 saturated heterocycles. The first-order valence-electron chi connectivity index (χ1n) is 4.54. The predicted octanol–water partition coefficient (Wildman–Crippen LogP) is -0.740. The fourth-order valence-electron chi connectivity index (χ4n) is 1.08. The third kappa shape index (κ3) is 3.29. The van der Waals surface area contributed by atoms with Gasteiger partial charge in [-0.3, -0.25) is 0 Å². The van der Waals surface area contributed by atoms with E-state index in [2.05, 4.69) is 9.71 Å². The highest BCUT2D eigenvalue weighted by Gasteiger charge is 2.16. The number of aromatic nitrogens is 2. The smallest absolute Gasteiger partial charge is 0.257 e. The van der Waals surface area contributed by atoms with E-state index in [4.69, 9.17) is 0 Å². The summed E-state index contributed by atoms with van der Waals surface area (Å²) in [6.45, 7) is 1.05. The van der Waals surface area contributed by atoms with Crippen LogP contribution in [0.1, 0.15) is 0 Å². The first kappa shape index (κ1) is 12.2. The molecular weight excluding hydrogens is 216 g/mol. The molecule has 0 aliphatic carbocycles. The molecule has 0 aromatic carbocycles. The van der Waals surface area contributed by atoms with Gasteiger partial charge in [-0.15, -0.1) is 0 Å². The molecule has 0 amide bonds. The van der Waals surface area contributed by atoms with Gasteiger partial charge in [-0.1, -0.05) is 0 Å². The van der Waals surface area contributed by atoms with Crippen LogP contribution >= 0.6 is 0 Å².